The van der Waals surface area contributed by atoms with E-state index in [1.165, 1.54) is 16.4 Å². The number of carbonyl (C=O) groups is 1. The number of rotatable bonds is 8. The zero-order valence-electron chi connectivity index (χ0n) is 19.1. The average Bonchev–Trinajstić information content (AvgIpc) is 3.40. The van der Waals surface area contributed by atoms with E-state index < -0.39 is 14.9 Å². The molecular weight excluding hydrogens is 456 g/mol. The van der Waals surface area contributed by atoms with E-state index in [1.807, 2.05) is 35.2 Å². The van der Waals surface area contributed by atoms with Gasteiger partial charge in [0.05, 0.1) is 10.6 Å². The fourth-order valence-electron chi connectivity index (χ4n) is 4.62. The summed E-state index contributed by atoms with van der Waals surface area (Å²) in [6.07, 6.45) is 4.04. The molecule has 2 aliphatic heterocycles. The van der Waals surface area contributed by atoms with Crippen LogP contribution in [0.4, 0.5) is 11.4 Å². The number of hydrogen-bond donors (Lipinski definition) is 1. The molecule has 0 bridgehead atoms. The van der Waals surface area contributed by atoms with Crippen molar-refractivity contribution in [1.82, 2.24) is 9.62 Å². The highest BCUT2D eigenvalue weighted by molar-refractivity contribution is 7.89. The van der Waals surface area contributed by atoms with Crippen molar-refractivity contribution >= 4 is 27.3 Å². The first-order chi connectivity index (χ1) is 16.3. The van der Waals surface area contributed by atoms with Crippen molar-refractivity contribution < 1.29 is 18.1 Å². The number of carbonyl (C=O) groups excluding carboxylic acids is 1. The number of nitro groups is 1. The van der Waals surface area contributed by atoms with Gasteiger partial charge >= 0.3 is 0 Å². The summed E-state index contributed by atoms with van der Waals surface area (Å²) in [6.45, 7) is 1.98. The van der Waals surface area contributed by atoms with Crippen LogP contribution < -0.4 is 10.2 Å². The highest BCUT2D eigenvalue weighted by Crippen LogP contribution is 2.34. The molecule has 1 amide bonds. The third-order valence-corrected chi connectivity index (χ3v) is 8.45. The molecule has 0 saturated carbocycles. The third-order valence-electron chi connectivity index (χ3n) is 6.52. The summed E-state index contributed by atoms with van der Waals surface area (Å²) in [4.78, 5) is 25.1. The Morgan fingerprint density at radius 3 is 2.35 bits per heavy atom. The molecule has 4 rings (SSSR count). The molecule has 182 valence electrons. The van der Waals surface area contributed by atoms with Crippen LogP contribution in [0.5, 0.6) is 0 Å². The van der Waals surface area contributed by atoms with E-state index in [4.69, 9.17) is 0 Å². The molecule has 0 spiro atoms. The Hall–Kier alpha value is -2.98. The number of anilines is 1. The molecule has 1 N–H and O–H groups in total. The van der Waals surface area contributed by atoms with Crippen LogP contribution in [0, 0.1) is 10.1 Å². The molecule has 0 radical (unpaired) electrons. The second-order valence-electron chi connectivity index (χ2n) is 8.83. The van der Waals surface area contributed by atoms with Crippen molar-refractivity contribution in [3.63, 3.8) is 0 Å². The lowest BCUT2D eigenvalue weighted by Gasteiger charge is -2.35. The van der Waals surface area contributed by atoms with Gasteiger partial charge in [-0.3, -0.25) is 14.9 Å². The van der Waals surface area contributed by atoms with Gasteiger partial charge in [-0.05, 0) is 43.7 Å². The van der Waals surface area contributed by atoms with Crippen LogP contribution in [0.15, 0.2) is 53.4 Å². The number of non-ortho nitro benzene ring substituents is 1. The largest absolute Gasteiger partial charge is 0.370 e. The minimum atomic E-state index is -3.82. The van der Waals surface area contributed by atoms with Gasteiger partial charge in [0.15, 0.2) is 0 Å². The number of hydrogen-bond acceptors (Lipinski definition) is 6. The van der Waals surface area contributed by atoms with Crippen LogP contribution in [-0.4, -0.2) is 55.8 Å². The highest BCUT2D eigenvalue weighted by atomic mass is 32.2. The van der Waals surface area contributed by atoms with Gasteiger partial charge in [0, 0.05) is 50.8 Å². The molecule has 2 aromatic carbocycles. The van der Waals surface area contributed by atoms with Crippen LogP contribution in [0.1, 0.15) is 37.7 Å². The van der Waals surface area contributed by atoms with Crippen molar-refractivity contribution in [3.05, 3.63) is 64.2 Å². The molecular formula is C24H30N4O5S. The monoisotopic (exact) mass is 486 g/mol. The smallest absolute Gasteiger partial charge is 0.270 e. The van der Waals surface area contributed by atoms with Gasteiger partial charge in [-0.15, -0.1) is 0 Å². The Labute approximate surface area is 200 Å². The van der Waals surface area contributed by atoms with E-state index in [0.717, 1.165) is 18.4 Å². The van der Waals surface area contributed by atoms with Gasteiger partial charge in [0.2, 0.25) is 15.9 Å². The van der Waals surface area contributed by atoms with Crippen molar-refractivity contribution in [2.45, 2.75) is 49.5 Å². The van der Waals surface area contributed by atoms with E-state index >= 15 is 0 Å². The Balaban J connectivity index is 1.41. The molecule has 2 aromatic rings. The number of nitrogens with zero attached hydrogens (tertiary/aromatic N) is 3. The molecule has 34 heavy (non-hydrogen) atoms. The van der Waals surface area contributed by atoms with Crippen molar-refractivity contribution in [2.24, 2.45) is 0 Å². The third kappa shape index (κ3) is 5.56. The second-order valence-corrected chi connectivity index (χ2v) is 10.7. The van der Waals surface area contributed by atoms with Crippen LogP contribution >= 0.6 is 0 Å². The first-order valence-electron chi connectivity index (χ1n) is 11.7. The Kier molecular flexibility index (Phi) is 7.47. The number of sulfonamides is 1. The Bertz CT molecular complexity index is 1130. The number of aryl methyl sites for hydroxylation is 1. The minimum Gasteiger partial charge on any atom is -0.370 e. The number of amides is 1. The molecule has 2 heterocycles. The summed E-state index contributed by atoms with van der Waals surface area (Å²) in [7, 11) is -3.82. The second kappa shape index (κ2) is 10.5. The topological polar surface area (TPSA) is 113 Å². The number of piperidine rings is 1. The molecule has 0 aromatic heterocycles. The average molecular weight is 487 g/mol. The lowest BCUT2D eigenvalue weighted by atomic mass is 10.0. The molecule has 0 atom stereocenters. The van der Waals surface area contributed by atoms with Crippen LogP contribution in [0.3, 0.4) is 0 Å². The maximum absolute atomic E-state index is 13.3. The quantitative estimate of drug-likeness (QED) is 0.453. The molecule has 0 aliphatic carbocycles. The van der Waals surface area contributed by atoms with Crippen molar-refractivity contribution in [1.29, 1.82) is 0 Å². The van der Waals surface area contributed by atoms with Gasteiger partial charge in [0.25, 0.3) is 5.69 Å². The predicted octanol–water partition coefficient (Wildman–Crippen LogP) is 3.10. The SMILES string of the molecule is O=C(CCc1ccccc1)NC1CCN(c2ccc([N+](=O)[O-])cc2S(=O)(=O)N2CCCC2)CC1. The van der Waals surface area contributed by atoms with Crippen molar-refractivity contribution in [3.8, 4) is 0 Å². The maximum Gasteiger partial charge on any atom is 0.270 e. The van der Waals surface area contributed by atoms with Gasteiger partial charge in [0.1, 0.15) is 4.90 Å². The summed E-state index contributed by atoms with van der Waals surface area (Å²) in [5.74, 6) is 0.00920. The fraction of sp³-hybridized carbons (Fsp3) is 0.458. The summed E-state index contributed by atoms with van der Waals surface area (Å²) >= 11 is 0. The Morgan fingerprint density at radius 1 is 1.03 bits per heavy atom. The van der Waals surface area contributed by atoms with Crippen LogP contribution in [0.25, 0.3) is 0 Å². The lowest BCUT2D eigenvalue weighted by Crippen LogP contribution is -2.45. The summed E-state index contributed by atoms with van der Waals surface area (Å²) in [5, 5.41) is 14.4. The van der Waals surface area contributed by atoms with E-state index in [1.54, 1.807) is 6.07 Å². The first kappa shape index (κ1) is 24.2. The van der Waals surface area contributed by atoms with Gasteiger partial charge < -0.3 is 10.2 Å². The lowest BCUT2D eigenvalue weighted by molar-refractivity contribution is -0.385. The first-order valence-corrected chi connectivity index (χ1v) is 13.2. The van der Waals surface area contributed by atoms with Crippen LogP contribution in [0.2, 0.25) is 0 Å². The zero-order chi connectivity index (χ0) is 24.1. The van der Waals surface area contributed by atoms with Gasteiger partial charge in [-0.25, -0.2) is 8.42 Å². The molecule has 9 nitrogen and oxygen atoms in total. The molecule has 0 unspecified atom stereocenters. The van der Waals surface area contributed by atoms with E-state index in [9.17, 15) is 23.3 Å². The molecule has 10 heteroatoms. The van der Waals surface area contributed by atoms with E-state index in [-0.39, 0.29) is 22.5 Å². The normalized spacial score (nSPS) is 17.6. The van der Waals surface area contributed by atoms with E-state index in [0.29, 0.717) is 57.5 Å². The summed E-state index contributed by atoms with van der Waals surface area (Å²) < 4.78 is 28.0. The summed E-state index contributed by atoms with van der Waals surface area (Å²) in [5.41, 5.74) is 1.38. The van der Waals surface area contributed by atoms with Crippen molar-refractivity contribution in [2.75, 3.05) is 31.1 Å². The molecule has 2 fully saturated rings. The van der Waals surface area contributed by atoms with Crippen LogP contribution in [-0.2, 0) is 21.2 Å². The Morgan fingerprint density at radius 2 is 1.71 bits per heavy atom. The zero-order valence-corrected chi connectivity index (χ0v) is 19.9. The number of nitro benzene ring substituents is 1. The maximum atomic E-state index is 13.3. The predicted molar refractivity (Wildman–Crippen MR) is 129 cm³/mol. The fourth-order valence-corrected chi connectivity index (χ4v) is 6.37. The van der Waals surface area contributed by atoms with Gasteiger partial charge in [-0.1, -0.05) is 30.3 Å². The standard InChI is InChI=1S/C24H30N4O5S/c29-24(11-8-19-6-2-1-3-7-19)25-20-12-16-26(17-13-20)22-10-9-21(28(30)31)18-23(22)34(32,33)27-14-4-5-15-27/h1-3,6-7,9-10,18,20H,4-5,8,11-17H2,(H,25,29). The highest BCUT2D eigenvalue weighted by Gasteiger charge is 2.33. The van der Waals surface area contributed by atoms with Gasteiger partial charge in [-0.2, -0.15) is 4.31 Å². The number of benzene rings is 2. The minimum absolute atomic E-state index is 0.00560. The van der Waals surface area contributed by atoms with E-state index in [2.05, 4.69) is 5.32 Å². The molecule has 2 aliphatic rings. The summed E-state index contributed by atoms with van der Waals surface area (Å²) in [6, 6.07) is 14.0. The number of nitrogens with one attached hydrogen (secondary N) is 1. The molecule has 2 saturated heterocycles.